The van der Waals surface area contributed by atoms with Gasteiger partial charge in [-0.3, -0.25) is 0 Å². The molecule has 0 heterocycles. The quantitative estimate of drug-likeness (QED) is 0.843. The van der Waals surface area contributed by atoms with Gasteiger partial charge in [-0.05, 0) is 36.7 Å². The molecule has 0 atom stereocenters. The van der Waals surface area contributed by atoms with Gasteiger partial charge in [-0.25, -0.2) is 0 Å². The normalized spacial score (nSPS) is 11.4. The van der Waals surface area contributed by atoms with Gasteiger partial charge in [0.1, 0.15) is 5.75 Å². The lowest BCUT2D eigenvalue weighted by Gasteiger charge is -2.12. The van der Waals surface area contributed by atoms with Gasteiger partial charge in [0.2, 0.25) is 0 Å². The molecule has 2 rings (SSSR count). The van der Waals surface area contributed by atoms with Crippen LogP contribution in [0.2, 0.25) is 0 Å². The van der Waals surface area contributed by atoms with E-state index in [1.54, 1.807) is 6.07 Å². The second-order valence-corrected chi connectivity index (χ2v) is 4.56. The first-order chi connectivity index (χ1) is 10.0. The zero-order valence-corrected chi connectivity index (χ0v) is 11.4. The summed E-state index contributed by atoms with van der Waals surface area (Å²) in [6.07, 6.45) is -3.60. The highest BCUT2D eigenvalue weighted by molar-refractivity contribution is 5.70. The molecule has 0 spiro atoms. The molecule has 0 aromatic heterocycles. The summed E-state index contributed by atoms with van der Waals surface area (Å²) in [5.41, 5.74) is 6.21. The third kappa shape index (κ3) is 3.98. The van der Waals surface area contributed by atoms with Crippen LogP contribution in [0, 0.1) is 0 Å². The average Bonchev–Trinajstić information content (AvgIpc) is 2.47. The van der Waals surface area contributed by atoms with Gasteiger partial charge < -0.3 is 10.5 Å². The molecular weight excluding hydrogens is 279 g/mol. The molecule has 0 radical (unpaired) electrons. The van der Waals surface area contributed by atoms with Crippen LogP contribution in [-0.2, 0) is 6.18 Å². The van der Waals surface area contributed by atoms with Crippen molar-refractivity contribution in [1.29, 1.82) is 0 Å². The molecule has 2 aromatic carbocycles. The van der Waals surface area contributed by atoms with Crippen molar-refractivity contribution >= 4 is 0 Å². The number of para-hydroxylation sites is 1. The fraction of sp³-hybridized carbons (Fsp3) is 0.250. The maximum absolute atomic E-state index is 12.6. The Kier molecular flexibility index (Phi) is 4.85. The first kappa shape index (κ1) is 15.4. The van der Waals surface area contributed by atoms with Gasteiger partial charge in [0, 0.05) is 5.56 Å². The Morgan fingerprint density at radius 3 is 2.24 bits per heavy atom. The largest absolute Gasteiger partial charge is 0.493 e. The van der Waals surface area contributed by atoms with Crippen molar-refractivity contribution in [3.8, 4) is 16.9 Å². The van der Waals surface area contributed by atoms with Gasteiger partial charge >= 0.3 is 6.18 Å². The summed E-state index contributed by atoms with van der Waals surface area (Å²) in [6.45, 7) is 1.01. The van der Waals surface area contributed by atoms with E-state index in [1.807, 2.05) is 18.2 Å². The molecule has 0 fully saturated rings. The number of benzene rings is 2. The van der Waals surface area contributed by atoms with Gasteiger partial charge in [0.25, 0.3) is 0 Å². The molecule has 0 aliphatic carbocycles. The lowest BCUT2D eigenvalue weighted by Crippen LogP contribution is -2.06. The van der Waals surface area contributed by atoms with Crippen LogP contribution in [0.5, 0.6) is 5.75 Å². The van der Waals surface area contributed by atoms with Crippen LogP contribution in [0.4, 0.5) is 13.2 Å². The molecule has 0 amide bonds. The molecular formula is C16H16F3NO. The summed E-state index contributed by atoms with van der Waals surface area (Å²) in [5.74, 6) is 0.644. The van der Waals surface area contributed by atoms with Gasteiger partial charge in [0.05, 0.1) is 12.2 Å². The van der Waals surface area contributed by atoms with Crippen LogP contribution in [0.1, 0.15) is 12.0 Å². The highest BCUT2D eigenvalue weighted by atomic mass is 19.4. The Balaban J connectivity index is 2.25. The molecule has 0 bridgehead atoms. The number of alkyl halides is 3. The van der Waals surface area contributed by atoms with Crippen molar-refractivity contribution in [2.24, 2.45) is 5.73 Å². The van der Waals surface area contributed by atoms with Gasteiger partial charge in [-0.2, -0.15) is 13.2 Å². The van der Waals surface area contributed by atoms with Crippen LogP contribution >= 0.6 is 0 Å². The molecule has 2 nitrogen and oxygen atoms in total. The van der Waals surface area contributed by atoms with Crippen molar-refractivity contribution in [1.82, 2.24) is 0 Å². The Bertz CT molecular complexity index is 579. The summed E-state index contributed by atoms with van der Waals surface area (Å²) in [7, 11) is 0. The number of rotatable bonds is 5. The smallest absolute Gasteiger partial charge is 0.416 e. The third-order valence-corrected chi connectivity index (χ3v) is 3.02. The predicted molar refractivity (Wildman–Crippen MR) is 76.0 cm³/mol. The molecule has 0 unspecified atom stereocenters. The summed E-state index contributed by atoms with van der Waals surface area (Å²) >= 11 is 0. The number of ether oxygens (including phenoxy) is 1. The van der Waals surface area contributed by atoms with Crippen molar-refractivity contribution in [3.63, 3.8) is 0 Å². The summed E-state index contributed by atoms with van der Waals surface area (Å²) in [4.78, 5) is 0. The molecule has 2 N–H and O–H groups in total. The van der Waals surface area contributed by atoms with E-state index in [1.165, 1.54) is 12.1 Å². The minimum Gasteiger partial charge on any atom is -0.493 e. The molecule has 5 heteroatoms. The fourth-order valence-corrected chi connectivity index (χ4v) is 1.94. The van der Waals surface area contributed by atoms with Crippen LogP contribution in [0.25, 0.3) is 11.1 Å². The second kappa shape index (κ2) is 6.63. The minimum atomic E-state index is -4.32. The SMILES string of the molecule is NCCCOc1ccccc1-c1ccc(C(F)(F)F)cc1. The van der Waals surface area contributed by atoms with Crippen LogP contribution in [0.15, 0.2) is 48.5 Å². The van der Waals surface area contributed by atoms with Gasteiger partial charge in [0.15, 0.2) is 0 Å². The van der Waals surface area contributed by atoms with E-state index in [0.717, 1.165) is 24.1 Å². The van der Waals surface area contributed by atoms with E-state index in [9.17, 15) is 13.2 Å². The average molecular weight is 295 g/mol. The summed E-state index contributed by atoms with van der Waals surface area (Å²) in [5, 5.41) is 0. The van der Waals surface area contributed by atoms with Crippen molar-refractivity contribution in [3.05, 3.63) is 54.1 Å². The van der Waals surface area contributed by atoms with Crippen LogP contribution in [-0.4, -0.2) is 13.2 Å². The number of hydrogen-bond acceptors (Lipinski definition) is 2. The Labute approximate surface area is 121 Å². The summed E-state index contributed by atoms with van der Waals surface area (Å²) in [6, 6.07) is 12.3. The van der Waals surface area contributed by atoms with Crippen LogP contribution in [0.3, 0.4) is 0 Å². The van der Waals surface area contributed by atoms with E-state index in [0.29, 0.717) is 24.5 Å². The van der Waals surface area contributed by atoms with E-state index in [2.05, 4.69) is 0 Å². The number of halogens is 3. The van der Waals surface area contributed by atoms with Crippen molar-refractivity contribution in [2.45, 2.75) is 12.6 Å². The third-order valence-electron chi connectivity index (χ3n) is 3.02. The Morgan fingerprint density at radius 1 is 0.952 bits per heavy atom. The topological polar surface area (TPSA) is 35.2 Å². The monoisotopic (exact) mass is 295 g/mol. The van der Waals surface area contributed by atoms with Crippen molar-refractivity contribution < 1.29 is 17.9 Å². The molecule has 0 saturated heterocycles. The zero-order valence-electron chi connectivity index (χ0n) is 11.4. The highest BCUT2D eigenvalue weighted by Crippen LogP contribution is 2.33. The fourth-order valence-electron chi connectivity index (χ4n) is 1.94. The van der Waals surface area contributed by atoms with Crippen molar-refractivity contribution in [2.75, 3.05) is 13.2 Å². The number of hydrogen-bond donors (Lipinski definition) is 1. The molecule has 2 aromatic rings. The lowest BCUT2D eigenvalue weighted by molar-refractivity contribution is -0.137. The van der Waals surface area contributed by atoms with E-state index in [4.69, 9.17) is 10.5 Å². The molecule has 0 aliphatic rings. The van der Waals surface area contributed by atoms with Gasteiger partial charge in [-0.15, -0.1) is 0 Å². The number of nitrogens with two attached hydrogens (primary N) is 1. The lowest BCUT2D eigenvalue weighted by atomic mass is 10.0. The Hall–Kier alpha value is -2.01. The molecule has 0 saturated carbocycles. The predicted octanol–water partition coefficient (Wildman–Crippen LogP) is 4.10. The second-order valence-electron chi connectivity index (χ2n) is 4.56. The van der Waals surface area contributed by atoms with E-state index in [-0.39, 0.29) is 0 Å². The first-order valence-corrected chi connectivity index (χ1v) is 6.62. The Morgan fingerprint density at radius 2 is 1.62 bits per heavy atom. The highest BCUT2D eigenvalue weighted by Gasteiger charge is 2.30. The standard InChI is InChI=1S/C16H16F3NO/c17-16(18,19)13-8-6-12(7-9-13)14-4-1-2-5-15(14)21-11-3-10-20/h1-2,4-9H,3,10-11,20H2. The zero-order chi connectivity index (χ0) is 15.3. The van der Waals surface area contributed by atoms with Gasteiger partial charge in [-0.1, -0.05) is 30.3 Å². The van der Waals surface area contributed by atoms with E-state index >= 15 is 0 Å². The molecule has 112 valence electrons. The van der Waals surface area contributed by atoms with E-state index < -0.39 is 11.7 Å². The van der Waals surface area contributed by atoms with Crippen LogP contribution < -0.4 is 10.5 Å². The maximum Gasteiger partial charge on any atom is 0.416 e. The molecule has 21 heavy (non-hydrogen) atoms. The minimum absolute atomic E-state index is 0.480. The maximum atomic E-state index is 12.6. The first-order valence-electron chi connectivity index (χ1n) is 6.62. The molecule has 0 aliphatic heterocycles. The summed E-state index contributed by atoms with van der Waals surface area (Å²) < 4.78 is 43.3.